The molecule has 1 fully saturated rings. The van der Waals surface area contributed by atoms with Gasteiger partial charge in [-0.15, -0.1) is 0 Å². The highest BCUT2D eigenvalue weighted by Gasteiger charge is 2.61. The van der Waals surface area contributed by atoms with E-state index in [2.05, 4.69) is 29.4 Å². The number of rotatable bonds is 5. The second-order valence-electron chi connectivity index (χ2n) is 11.1. The Balaban J connectivity index is 1.17. The average Bonchev–Trinajstić information content (AvgIpc) is 3.29. The van der Waals surface area contributed by atoms with Gasteiger partial charge < -0.3 is 4.74 Å². The van der Waals surface area contributed by atoms with Crippen LogP contribution in [0, 0.1) is 11.8 Å². The lowest BCUT2D eigenvalue weighted by atomic mass is 9.55. The minimum atomic E-state index is -0.474. The Bertz CT molecular complexity index is 1820. The van der Waals surface area contributed by atoms with Crippen LogP contribution in [-0.4, -0.2) is 23.0 Å². The summed E-state index contributed by atoms with van der Waals surface area (Å²) in [5.41, 5.74) is 6.25. The van der Waals surface area contributed by atoms with E-state index >= 15 is 0 Å². The molecule has 1 heterocycles. The predicted octanol–water partition coefficient (Wildman–Crippen LogP) is 7.30. The highest BCUT2D eigenvalue weighted by molar-refractivity contribution is 6.30. The third-order valence-corrected chi connectivity index (χ3v) is 9.22. The van der Waals surface area contributed by atoms with Crippen LogP contribution in [0.1, 0.15) is 45.2 Å². The molecule has 2 bridgehead atoms. The molecule has 3 aliphatic carbocycles. The van der Waals surface area contributed by atoms with Gasteiger partial charge in [-0.05, 0) is 56.8 Å². The summed E-state index contributed by atoms with van der Waals surface area (Å²) in [7, 11) is 0. The number of halogens is 1. The van der Waals surface area contributed by atoms with E-state index in [-0.39, 0.29) is 23.7 Å². The normalized spacial score (nSPS) is 22.0. The van der Waals surface area contributed by atoms with Crippen LogP contribution in [0.15, 0.2) is 114 Å². The molecule has 0 aromatic heterocycles. The standard InChI is InChI=1S/C36H25ClN2O3/c37-23-16-13-21(14-17-23)20-42-30-18-15-22-7-1-2-8-24(22)29(30)19-38-39-35(40)33-31-25-9-3-4-10-26(25)32(34(33)36(39)41)28-12-6-5-11-27(28)31/h1-19,31-34H,20H2/b38-19-/t31?,32?,33-,34-/m1/s1. The fourth-order valence-corrected chi connectivity index (χ4v) is 7.29. The van der Waals surface area contributed by atoms with Crippen LogP contribution >= 0.6 is 11.6 Å². The van der Waals surface area contributed by atoms with Gasteiger partial charge in [-0.3, -0.25) is 9.59 Å². The van der Waals surface area contributed by atoms with Crippen LogP contribution in [0.3, 0.4) is 0 Å². The molecule has 0 N–H and O–H groups in total. The van der Waals surface area contributed by atoms with Crippen LogP contribution in [0.5, 0.6) is 5.75 Å². The van der Waals surface area contributed by atoms with Crippen molar-refractivity contribution < 1.29 is 14.3 Å². The van der Waals surface area contributed by atoms with Crippen molar-refractivity contribution in [1.29, 1.82) is 0 Å². The minimum absolute atomic E-state index is 0.167. The van der Waals surface area contributed by atoms with Gasteiger partial charge in [0.2, 0.25) is 0 Å². The lowest BCUT2D eigenvalue weighted by Gasteiger charge is -2.45. The number of fused-ring (bicyclic) bond motifs is 1. The molecule has 5 nitrogen and oxygen atoms in total. The molecule has 0 unspecified atom stereocenters. The molecule has 4 aliphatic rings. The van der Waals surface area contributed by atoms with Crippen LogP contribution in [0.2, 0.25) is 5.02 Å². The van der Waals surface area contributed by atoms with Crippen molar-refractivity contribution in [2.75, 3.05) is 0 Å². The minimum Gasteiger partial charge on any atom is -0.488 e. The van der Waals surface area contributed by atoms with E-state index in [0.717, 1.165) is 43.6 Å². The van der Waals surface area contributed by atoms with Gasteiger partial charge in [0.15, 0.2) is 0 Å². The number of hydrogen-bond acceptors (Lipinski definition) is 4. The molecule has 2 amide bonds. The molecule has 5 aromatic carbocycles. The van der Waals surface area contributed by atoms with E-state index in [1.54, 1.807) is 6.21 Å². The maximum absolute atomic E-state index is 14.0. The van der Waals surface area contributed by atoms with Crippen molar-refractivity contribution in [2.45, 2.75) is 18.4 Å². The molecule has 1 aliphatic heterocycles. The molecule has 5 aromatic rings. The maximum atomic E-state index is 14.0. The third kappa shape index (κ3) is 3.74. The lowest BCUT2D eigenvalue weighted by molar-refractivity contribution is -0.139. The highest BCUT2D eigenvalue weighted by Crippen LogP contribution is 2.61. The van der Waals surface area contributed by atoms with Crippen LogP contribution in [0.25, 0.3) is 10.8 Å². The van der Waals surface area contributed by atoms with E-state index < -0.39 is 11.8 Å². The Hall–Kier alpha value is -4.74. The molecule has 1 saturated heterocycles. The molecule has 9 rings (SSSR count). The summed E-state index contributed by atoms with van der Waals surface area (Å²) in [6.45, 7) is 0.335. The second kappa shape index (κ2) is 9.68. The number of benzene rings is 5. The number of carbonyl (C=O) groups is 2. The summed E-state index contributed by atoms with van der Waals surface area (Å²) in [4.78, 5) is 28.0. The highest BCUT2D eigenvalue weighted by atomic mass is 35.5. The van der Waals surface area contributed by atoms with E-state index in [4.69, 9.17) is 16.3 Å². The summed E-state index contributed by atoms with van der Waals surface area (Å²) in [5.74, 6) is -1.16. The van der Waals surface area contributed by atoms with Gasteiger partial charge in [0.05, 0.1) is 18.1 Å². The zero-order valence-corrected chi connectivity index (χ0v) is 23.2. The molecule has 0 saturated carbocycles. The maximum Gasteiger partial charge on any atom is 0.254 e. The van der Waals surface area contributed by atoms with Gasteiger partial charge in [-0.25, -0.2) is 0 Å². The molecular weight excluding hydrogens is 544 g/mol. The van der Waals surface area contributed by atoms with Gasteiger partial charge in [0.1, 0.15) is 12.4 Å². The fraction of sp³-hybridized carbons (Fsp3) is 0.139. The first-order valence-electron chi connectivity index (χ1n) is 14.1. The van der Waals surface area contributed by atoms with Gasteiger partial charge in [0.25, 0.3) is 11.8 Å². The van der Waals surface area contributed by atoms with E-state index in [1.165, 1.54) is 0 Å². The van der Waals surface area contributed by atoms with Crippen molar-refractivity contribution in [3.63, 3.8) is 0 Å². The van der Waals surface area contributed by atoms with Gasteiger partial charge in [-0.2, -0.15) is 10.1 Å². The summed E-state index contributed by atoms with van der Waals surface area (Å²) in [6.07, 6.45) is 1.61. The molecule has 204 valence electrons. The molecular formula is C36H25ClN2O3. The summed E-state index contributed by atoms with van der Waals surface area (Å²) in [5, 5.41) is 8.30. The van der Waals surface area contributed by atoms with Crippen LogP contribution < -0.4 is 4.74 Å². The summed E-state index contributed by atoms with van der Waals surface area (Å²) in [6, 6.07) is 35.8. The third-order valence-electron chi connectivity index (χ3n) is 8.97. The quantitative estimate of drug-likeness (QED) is 0.165. The second-order valence-corrected chi connectivity index (χ2v) is 11.5. The smallest absolute Gasteiger partial charge is 0.254 e. The Morgan fingerprint density at radius 3 is 1.83 bits per heavy atom. The van der Waals surface area contributed by atoms with E-state index in [0.29, 0.717) is 22.9 Å². The monoisotopic (exact) mass is 568 g/mol. The zero-order valence-electron chi connectivity index (χ0n) is 22.5. The number of nitrogens with zero attached hydrogens (tertiary/aromatic N) is 2. The van der Waals surface area contributed by atoms with Crippen molar-refractivity contribution >= 4 is 40.4 Å². The average molecular weight is 569 g/mol. The van der Waals surface area contributed by atoms with Crippen molar-refractivity contribution in [2.24, 2.45) is 16.9 Å². The van der Waals surface area contributed by atoms with Crippen molar-refractivity contribution in [1.82, 2.24) is 5.01 Å². The fourth-order valence-electron chi connectivity index (χ4n) is 7.17. The van der Waals surface area contributed by atoms with Gasteiger partial charge >= 0.3 is 0 Å². The summed E-state index contributed by atoms with van der Waals surface area (Å²) < 4.78 is 6.24. The number of imide groups is 1. The Kier molecular flexibility index (Phi) is 5.76. The number of hydrogen-bond donors (Lipinski definition) is 0. The van der Waals surface area contributed by atoms with Gasteiger partial charge in [-0.1, -0.05) is 103 Å². The Morgan fingerprint density at radius 1 is 0.690 bits per heavy atom. The number of carbonyl (C=O) groups excluding carboxylic acids is 2. The van der Waals surface area contributed by atoms with Crippen LogP contribution in [0.4, 0.5) is 0 Å². The Labute approximate surface area is 248 Å². The van der Waals surface area contributed by atoms with E-state index in [1.807, 2.05) is 84.9 Å². The SMILES string of the molecule is O=C1[C@@H]2C3c4ccccc4C(c4ccccc43)[C@H]2C(=O)N1/N=C\c1c(OCc2ccc(Cl)cc2)ccc2ccccc12. The first kappa shape index (κ1) is 25.0. The first-order valence-corrected chi connectivity index (χ1v) is 14.5. The molecule has 42 heavy (non-hydrogen) atoms. The first-order chi connectivity index (χ1) is 20.6. The largest absolute Gasteiger partial charge is 0.488 e. The number of ether oxygens (including phenoxy) is 1. The van der Waals surface area contributed by atoms with Crippen molar-refractivity contribution in [3.05, 3.63) is 148 Å². The number of amides is 2. The molecule has 0 spiro atoms. The van der Waals surface area contributed by atoms with Crippen molar-refractivity contribution in [3.8, 4) is 5.75 Å². The Morgan fingerprint density at radius 2 is 1.24 bits per heavy atom. The molecule has 6 heteroatoms. The zero-order chi connectivity index (χ0) is 28.4. The van der Waals surface area contributed by atoms with Gasteiger partial charge in [0, 0.05) is 22.4 Å². The molecule has 2 atom stereocenters. The molecule has 0 radical (unpaired) electrons. The lowest BCUT2D eigenvalue weighted by Crippen LogP contribution is -2.41. The van der Waals surface area contributed by atoms with E-state index in [9.17, 15) is 9.59 Å². The van der Waals surface area contributed by atoms with Crippen LogP contribution in [-0.2, 0) is 16.2 Å². The summed E-state index contributed by atoms with van der Waals surface area (Å²) >= 11 is 6.05. The number of hydrazone groups is 1. The topological polar surface area (TPSA) is 59.0 Å². The predicted molar refractivity (Wildman–Crippen MR) is 163 cm³/mol.